The van der Waals surface area contributed by atoms with E-state index in [4.69, 9.17) is 19.4 Å². The van der Waals surface area contributed by atoms with E-state index in [1.54, 1.807) is 0 Å². The summed E-state index contributed by atoms with van der Waals surface area (Å²) in [4.78, 5) is 15.7. The van der Waals surface area contributed by atoms with Gasteiger partial charge in [0.1, 0.15) is 11.2 Å². The van der Waals surface area contributed by atoms with Crippen molar-refractivity contribution < 1.29 is 4.42 Å². The monoisotopic (exact) mass is 891 g/mol. The van der Waals surface area contributed by atoms with E-state index in [0.29, 0.717) is 17.5 Å². The van der Waals surface area contributed by atoms with Crippen LogP contribution in [0.5, 0.6) is 0 Å². The molecule has 0 saturated carbocycles. The maximum Gasteiger partial charge on any atom is 0.164 e. The molecule has 0 radical (unpaired) electrons. The van der Waals surface area contributed by atoms with Gasteiger partial charge in [-0.1, -0.05) is 206 Å². The second-order valence-corrected chi connectivity index (χ2v) is 18.3. The highest BCUT2D eigenvalue weighted by Crippen LogP contribution is 2.57. The molecule has 14 rings (SSSR count). The molecule has 11 aromatic carbocycles. The van der Waals surface area contributed by atoms with Crippen LogP contribution in [0, 0.1) is 0 Å². The average Bonchev–Trinajstić information content (AvgIpc) is 3.96. The molecule has 4 nitrogen and oxygen atoms in total. The number of nitrogens with zero attached hydrogens (tertiary/aromatic N) is 3. The van der Waals surface area contributed by atoms with Gasteiger partial charge in [0.15, 0.2) is 17.5 Å². The maximum absolute atomic E-state index is 6.53. The lowest BCUT2D eigenvalue weighted by molar-refractivity contribution is 0.669. The van der Waals surface area contributed by atoms with E-state index in [0.717, 1.165) is 49.8 Å². The molecule has 1 aliphatic rings. The van der Waals surface area contributed by atoms with Crippen LogP contribution in [0.15, 0.2) is 253 Å². The molecule has 0 atom stereocenters. The van der Waals surface area contributed by atoms with Crippen LogP contribution in [0.2, 0.25) is 0 Å². The second-order valence-electron chi connectivity index (χ2n) is 18.3. The number of benzene rings is 11. The van der Waals surface area contributed by atoms with Gasteiger partial charge in [-0.25, -0.2) is 15.0 Å². The summed E-state index contributed by atoms with van der Waals surface area (Å²) >= 11 is 0. The average molecular weight is 892 g/mol. The number of fused-ring (bicyclic) bond motifs is 8. The molecule has 0 amide bonds. The van der Waals surface area contributed by atoms with E-state index in [1.807, 2.05) is 24.3 Å². The molecule has 1 aliphatic carbocycles. The fourth-order valence-electron chi connectivity index (χ4n) is 11.2. The first kappa shape index (κ1) is 39.9. The van der Waals surface area contributed by atoms with Crippen LogP contribution in [-0.2, 0) is 5.41 Å². The summed E-state index contributed by atoms with van der Waals surface area (Å²) < 4.78 is 6.53. The highest BCUT2D eigenvalue weighted by Gasteiger charge is 2.46. The number of hydrogen-bond donors (Lipinski definition) is 0. The molecule has 70 heavy (non-hydrogen) atoms. The molecular weight excluding hydrogens is 851 g/mol. The predicted molar refractivity (Wildman–Crippen MR) is 287 cm³/mol. The van der Waals surface area contributed by atoms with Gasteiger partial charge in [0, 0.05) is 27.5 Å². The predicted octanol–water partition coefficient (Wildman–Crippen LogP) is 16.8. The van der Waals surface area contributed by atoms with Gasteiger partial charge >= 0.3 is 0 Å². The van der Waals surface area contributed by atoms with Crippen LogP contribution in [-0.4, -0.2) is 15.0 Å². The zero-order valence-electron chi connectivity index (χ0n) is 37.9. The molecule has 0 unspecified atom stereocenters. The fourth-order valence-corrected chi connectivity index (χ4v) is 11.2. The third-order valence-corrected chi connectivity index (χ3v) is 14.4. The van der Waals surface area contributed by atoms with E-state index in [1.165, 1.54) is 66.1 Å². The SMILES string of the molecule is c1ccc(-c2ccc3oc4cc(-c5nc(-c6ccccc6)nc(-c6cccc(C7(c8cccc(-c9c%10ccccc%10cc%10ccccc9%10)c8)c8ccccc8-c8ccccc87)c6)n5)ccc4c3c2)cc1. The summed E-state index contributed by atoms with van der Waals surface area (Å²) in [5.74, 6) is 1.76. The number of furan rings is 1. The minimum Gasteiger partial charge on any atom is -0.456 e. The Morgan fingerprint density at radius 1 is 0.286 bits per heavy atom. The van der Waals surface area contributed by atoms with E-state index >= 15 is 0 Å². The normalized spacial score (nSPS) is 12.7. The first-order chi connectivity index (χ1) is 34.7. The number of rotatable bonds is 7. The van der Waals surface area contributed by atoms with Gasteiger partial charge in [0.2, 0.25) is 0 Å². The Hall–Kier alpha value is -9.25. The van der Waals surface area contributed by atoms with Gasteiger partial charge in [0.05, 0.1) is 5.41 Å². The van der Waals surface area contributed by atoms with Crippen molar-refractivity contribution in [2.24, 2.45) is 0 Å². The molecule has 2 aromatic heterocycles. The van der Waals surface area contributed by atoms with Crippen molar-refractivity contribution in [1.29, 1.82) is 0 Å². The van der Waals surface area contributed by atoms with Crippen LogP contribution in [0.1, 0.15) is 22.3 Å². The first-order valence-electron chi connectivity index (χ1n) is 23.8. The molecule has 326 valence electrons. The number of hydrogen-bond acceptors (Lipinski definition) is 4. The molecule has 0 fully saturated rings. The van der Waals surface area contributed by atoms with Crippen LogP contribution in [0.25, 0.3) is 111 Å². The molecular formula is C66H41N3O. The maximum atomic E-state index is 6.53. The molecule has 0 bridgehead atoms. The van der Waals surface area contributed by atoms with Crippen molar-refractivity contribution in [2.45, 2.75) is 5.41 Å². The van der Waals surface area contributed by atoms with Crippen LogP contribution in [0.4, 0.5) is 0 Å². The van der Waals surface area contributed by atoms with Crippen molar-refractivity contribution in [2.75, 3.05) is 0 Å². The van der Waals surface area contributed by atoms with Crippen molar-refractivity contribution in [3.63, 3.8) is 0 Å². The van der Waals surface area contributed by atoms with Crippen molar-refractivity contribution in [1.82, 2.24) is 15.0 Å². The minimum absolute atomic E-state index is 0.572. The Morgan fingerprint density at radius 2 is 0.786 bits per heavy atom. The van der Waals surface area contributed by atoms with Crippen molar-refractivity contribution >= 4 is 43.5 Å². The zero-order chi connectivity index (χ0) is 46.2. The third kappa shape index (κ3) is 6.27. The standard InChI is InChI=1S/C66H41N3O/c1-3-17-42(18-4-1)44-34-36-60-57(40-44)56-35-33-49(41-61(56)70-60)65-68-63(43-19-5-2-6-20-43)67-64(69-65)48-24-16-26-51(39-48)66(58-31-13-11-29-54(58)55-30-12-14-32-59(55)66)50-25-15-23-47(38-50)62-52-27-9-7-21-45(52)37-46-22-8-10-28-53(46)62/h1-41H. The second kappa shape index (κ2) is 15.9. The van der Waals surface area contributed by atoms with Gasteiger partial charge in [-0.05, 0) is 120 Å². The molecule has 0 aliphatic heterocycles. The lowest BCUT2D eigenvalue weighted by atomic mass is 9.67. The molecule has 4 heteroatoms. The Bertz CT molecular complexity index is 4090. The highest BCUT2D eigenvalue weighted by molar-refractivity contribution is 6.13. The van der Waals surface area contributed by atoms with Gasteiger partial charge in [-0.3, -0.25) is 0 Å². The summed E-state index contributed by atoms with van der Waals surface area (Å²) in [7, 11) is 0. The third-order valence-electron chi connectivity index (χ3n) is 14.4. The fraction of sp³-hybridized carbons (Fsp3) is 0.0152. The first-order valence-corrected chi connectivity index (χ1v) is 23.8. The van der Waals surface area contributed by atoms with Crippen molar-refractivity contribution in [3.8, 4) is 67.5 Å². The largest absolute Gasteiger partial charge is 0.456 e. The summed E-state index contributed by atoms with van der Waals surface area (Å²) in [6.07, 6.45) is 0. The summed E-state index contributed by atoms with van der Waals surface area (Å²) in [6.45, 7) is 0. The van der Waals surface area contributed by atoms with Crippen molar-refractivity contribution in [3.05, 3.63) is 271 Å². The summed E-state index contributed by atoms with van der Waals surface area (Å²) in [5.41, 5.74) is 15.6. The Kier molecular flexibility index (Phi) is 9.08. The van der Waals surface area contributed by atoms with E-state index < -0.39 is 5.41 Å². The smallest absolute Gasteiger partial charge is 0.164 e. The van der Waals surface area contributed by atoms with E-state index in [2.05, 4.69) is 224 Å². The number of aromatic nitrogens is 3. The van der Waals surface area contributed by atoms with Gasteiger partial charge < -0.3 is 4.42 Å². The lowest BCUT2D eigenvalue weighted by Crippen LogP contribution is -2.28. The molecule has 0 saturated heterocycles. The van der Waals surface area contributed by atoms with Crippen LogP contribution in [0.3, 0.4) is 0 Å². The van der Waals surface area contributed by atoms with E-state index in [-0.39, 0.29) is 0 Å². The summed E-state index contributed by atoms with van der Waals surface area (Å²) in [6, 6.07) is 89.1. The minimum atomic E-state index is -0.676. The zero-order valence-corrected chi connectivity index (χ0v) is 37.9. The van der Waals surface area contributed by atoms with Crippen LogP contribution < -0.4 is 0 Å². The molecule has 13 aromatic rings. The Balaban J connectivity index is 0.961. The van der Waals surface area contributed by atoms with Gasteiger partial charge in [0.25, 0.3) is 0 Å². The Labute approximate surface area is 404 Å². The van der Waals surface area contributed by atoms with Gasteiger partial charge in [-0.2, -0.15) is 0 Å². The van der Waals surface area contributed by atoms with Gasteiger partial charge in [-0.15, -0.1) is 0 Å². The Morgan fingerprint density at radius 3 is 1.44 bits per heavy atom. The molecule has 0 N–H and O–H groups in total. The topological polar surface area (TPSA) is 51.8 Å². The van der Waals surface area contributed by atoms with E-state index in [9.17, 15) is 0 Å². The lowest BCUT2D eigenvalue weighted by Gasteiger charge is -2.34. The summed E-state index contributed by atoms with van der Waals surface area (Å²) in [5, 5.41) is 7.03. The highest BCUT2D eigenvalue weighted by atomic mass is 16.3. The van der Waals surface area contributed by atoms with Crippen LogP contribution >= 0.6 is 0 Å². The quantitative estimate of drug-likeness (QED) is 0.150. The molecule has 2 heterocycles. The molecule has 0 spiro atoms.